The largest absolute Gasteiger partial charge is 0.496 e. The van der Waals surface area contributed by atoms with Crippen LogP contribution >= 0.6 is 0 Å². The molecule has 7 nitrogen and oxygen atoms in total. The minimum Gasteiger partial charge on any atom is -0.496 e. The fraction of sp³-hybridized carbons (Fsp3) is 0.250. The highest BCUT2D eigenvalue weighted by Crippen LogP contribution is 2.20. The molecule has 0 unspecified atom stereocenters. The van der Waals surface area contributed by atoms with Crippen LogP contribution < -0.4 is 10.3 Å². The van der Waals surface area contributed by atoms with Crippen LogP contribution in [0.3, 0.4) is 0 Å². The Morgan fingerprint density at radius 2 is 1.78 bits per heavy atom. The Bertz CT molecular complexity index is 1180. The van der Waals surface area contributed by atoms with Crippen LogP contribution in [0, 0.1) is 0 Å². The summed E-state index contributed by atoms with van der Waals surface area (Å²) in [6, 6.07) is 15.5. The lowest BCUT2D eigenvalue weighted by atomic mass is 10.2. The molecule has 0 saturated heterocycles. The third kappa shape index (κ3) is 2.96. The number of para-hydroxylation sites is 2. The molecule has 4 aromatic rings. The molecule has 0 bridgehead atoms. The van der Waals surface area contributed by atoms with Gasteiger partial charge in [-0.25, -0.2) is 0 Å². The van der Waals surface area contributed by atoms with E-state index in [1.807, 2.05) is 53.9 Å². The van der Waals surface area contributed by atoms with E-state index in [-0.39, 0.29) is 5.56 Å². The first-order chi connectivity index (χ1) is 13.1. The highest BCUT2D eigenvalue weighted by molar-refractivity contribution is 5.80. The van der Waals surface area contributed by atoms with Crippen LogP contribution in [0.5, 0.6) is 5.75 Å². The molecule has 0 fully saturated rings. The molecule has 0 radical (unpaired) electrons. The van der Waals surface area contributed by atoms with Crippen molar-refractivity contribution < 1.29 is 4.74 Å². The molecule has 0 spiro atoms. The van der Waals surface area contributed by atoms with Crippen LogP contribution in [0.15, 0.2) is 53.3 Å². The van der Waals surface area contributed by atoms with Crippen molar-refractivity contribution in [3.63, 3.8) is 0 Å². The summed E-state index contributed by atoms with van der Waals surface area (Å²) in [5.74, 6) is 2.19. The van der Waals surface area contributed by atoms with Crippen molar-refractivity contribution in [2.24, 2.45) is 7.05 Å². The zero-order chi connectivity index (χ0) is 19.0. The summed E-state index contributed by atoms with van der Waals surface area (Å²) in [4.78, 5) is 14.7. The summed E-state index contributed by atoms with van der Waals surface area (Å²) in [6.45, 7) is 1.30. The lowest BCUT2D eigenvalue weighted by molar-refractivity contribution is 0.302. The van der Waals surface area contributed by atoms with Gasteiger partial charge in [-0.3, -0.25) is 18.7 Å². The van der Waals surface area contributed by atoms with E-state index in [9.17, 15) is 4.79 Å². The quantitative estimate of drug-likeness (QED) is 0.544. The third-order valence-electron chi connectivity index (χ3n) is 4.74. The fourth-order valence-corrected chi connectivity index (χ4v) is 3.42. The number of aryl methyl sites for hydroxylation is 1. The maximum atomic E-state index is 12.5. The molecule has 0 aliphatic rings. The number of benzene rings is 2. The van der Waals surface area contributed by atoms with Crippen molar-refractivity contribution in [2.75, 3.05) is 14.2 Å². The second kappa shape index (κ2) is 6.85. The van der Waals surface area contributed by atoms with Crippen LogP contribution in [0.2, 0.25) is 0 Å². The van der Waals surface area contributed by atoms with E-state index in [0.717, 1.165) is 22.7 Å². The summed E-state index contributed by atoms with van der Waals surface area (Å²) in [5, 5.41) is 9.25. The molecule has 4 rings (SSSR count). The number of ether oxygens (including phenoxy) is 1. The van der Waals surface area contributed by atoms with E-state index in [0.29, 0.717) is 24.3 Å². The maximum Gasteiger partial charge on any atom is 0.262 e. The Labute approximate surface area is 156 Å². The van der Waals surface area contributed by atoms with Gasteiger partial charge in [-0.2, -0.15) is 0 Å². The van der Waals surface area contributed by atoms with Crippen molar-refractivity contribution in [1.29, 1.82) is 0 Å². The van der Waals surface area contributed by atoms with E-state index >= 15 is 0 Å². The smallest absolute Gasteiger partial charge is 0.262 e. The van der Waals surface area contributed by atoms with Gasteiger partial charge in [0, 0.05) is 19.2 Å². The zero-order valence-corrected chi connectivity index (χ0v) is 15.6. The molecule has 0 N–H and O–H groups in total. The van der Waals surface area contributed by atoms with E-state index in [4.69, 9.17) is 4.74 Å². The minimum atomic E-state index is -0.0700. The number of hydrogen-bond donors (Lipinski definition) is 0. The Kier molecular flexibility index (Phi) is 4.37. The third-order valence-corrected chi connectivity index (χ3v) is 4.74. The van der Waals surface area contributed by atoms with Crippen LogP contribution in [0.25, 0.3) is 16.7 Å². The molecule has 0 atom stereocenters. The molecular formula is C20H21N5O2. The van der Waals surface area contributed by atoms with Crippen molar-refractivity contribution in [2.45, 2.75) is 13.1 Å². The molecule has 138 valence electrons. The van der Waals surface area contributed by atoms with Crippen molar-refractivity contribution >= 4 is 16.7 Å². The monoisotopic (exact) mass is 363 g/mol. The first-order valence-corrected chi connectivity index (χ1v) is 8.72. The van der Waals surface area contributed by atoms with Crippen LogP contribution in [-0.4, -0.2) is 38.2 Å². The molecule has 0 amide bonds. The van der Waals surface area contributed by atoms with Gasteiger partial charge in [-0.05, 0) is 25.2 Å². The van der Waals surface area contributed by atoms with Gasteiger partial charge in [0.1, 0.15) is 5.75 Å². The van der Waals surface area contributed by atoms with Gasteiger partial charge in [0.25, 0.3) is 5.56 Å². The van der Waals surface area contributed by atoms with Gasteiger partial charge < -0.3 is 4.74 Å². The summed E-state index contributed by atoms with van der Waals surface area (Å²) >= 11 is 0. The lowest BCUT2D eigenvalue weighted by Crippen LogP contribution is -2.22. The van der Waals surface area contributed by atoms with Gasteiger partial charge >= 0.3 is 0 Å². The molecule has 0 aliphatic carbocycles. The first kappa shape index (κ1) is 17.2. The van der Waals surface area contributed by atoms with Crippen LogP contribution in [0.1, 0.15) is 11.4 Å². The Hall–Kier alpha value is -3.19. The molecule has 0 saturated carbocycles. The highest BCUT2D eigenvalue weighted by atomic mass is 16.5. The second-order valence-electron chi connectivity index (χ2n) is 6.62. The van der Waals surface area contributed by atoms with Crippen molar-refractivity contribution in [3.05, 3.63) is 70.3 Å². The molecule has 2 heterocycles. The van der Waals surface area contributed by atoms with Gasteiger partial charge in [0.2, 0.25) is 5.78 Å². The Morgan fingerprint density at radius 1 is 1.04 bits per heavy atom. The van der Waals surface area contributed by atoms with E-state index in [2.05, 4.69) is 21.2 Å². The fourth-order valence-electron chi connectivity index (χ4n) is 3.42. The summed E-state index contributed by atoms with van der Waals surface area (Å²) in [6.07, 6.45) is 0. The number of aromatic nitrogens is 4. The van der Waals surface area contributed by atoms with Crippen LogP contribution in [-0.2, 0) is 20.1 Å². The summed E-state index contributed by atoms with van der Waals surface area (Å²) in [5.41, 5.74) is 1.86. The predicted molar refractivity (Wildman–Crippen MR) is 104 cm³/mol. The van der Waals surface area contributed by atoms with Crippen LogP contribution in [0.4, 0.5) is 0 Å². The molecular weight excluding hydrogens is 342 g/mol. The van der Waals surface area contributed by atoms with E-state index < -0.39 is 0 Å². The normalized spacial score (nSPS) is 11.6. The highest BCUT2D eigenvalue weighted by Gasteiger charge is 2.16. The average Bonchev–Trinajstić information content (AvgIpc) is 3.10. The van der Waals surface area contributed by atoms with Gasteiger partial charge in [-0.15, -0.1) is 10.2 Å². The maximum absolute atomic E-state index is 12.5. The number of hydrogen-bond acceptors (Lipinski definition) is 5. The van der Waals surface area contributed by atoms with E-state index in [1.165, 1.54) is 0 Å². The SMILES string of the molecule is COc1ccccc1CN(C)Cc1nnc2n(C)c(=O)c3ccccc3n12. The standard InChI is InChI=1S/C20H21N5O2/c1-23(12-14-8-4-7-11-17(14)27-3)13-18-21-22-20-24(2)19(26)15-9-5-6-10-16(15)25(18)20/h4-11H,12-13H2,1-3H3. The Morgan fingerprint density at radius 3 is 2.59 bits per heavy atom. The lowest BCUT2D eigenvalue weighted by Gasteiger charge is -2.18. The van der Waals surface area contributed by atoms with Gasteiger partial charge in [0.05, 0.1) is 24.6 Å². The molecule has 2 aromatic heterocycles. The number of rotatable bonds is 5. The summed E-state index contributed by atoms with van der Waals surface area (Å²) in [7, 11) is 5.43. The average molecular weight is 363 g/mol. The first-order valence-electron chi connectivity index (χ1n) is 8.72. The topological polar surface area (TPSA) is 64.7 Å². The molecule has 2 aromatic carbocycles. The minimum absolute atomic E-state index is 0.0700. The van der Waals surface area contributed by atoms with Gasteiger partial charge in [0.15, 0.2) is 5.82 Å². The van der Waals surface area contributed by atoms with Crippen molar-refractivity contribution in [3.8, 4) is 5.75 Å². The van der Waals surface area contributed by atoms with E-state index in [1.54, 1.807) is 18.7 Å². The number of fused-ring (bicyclic) bond motifs is 3. The number of methoxy groups -OCH3 is 1. The number of nitrogens with zero attached hydrogens (tertiary/aromatic N) is 5. The van der Waals surface area contributed by atoms with Crippen molar-refractivity contribution in [1.82, 2.24) is 24.1 Å². The molecule has 0 aliphatic heterocycles. The Balaban J connectivity index is 1.73. The molecule has 27 heavy (non-hydrogen) atoms. The van der Waals surface area contributed by atoms with Gasteiger partial charge in [-0.1, -0.05) is 30.3 Å². The zero-order valence-electron chi connectivity index (χ0n) is 15.6. The molecule has 7 heteroatoms. The second-order valence-corrected chi connectivity index (χ2v) is 6.62. The summed E-state index contributed by atoms with van der Waals surface area (Å²) < 4.78 is 8.93. The predicted octanol–water partition coefficient (Wildman–Crippen LogP) is 2.22.